The minimum atomic E-state index is -4.11. The number of aromatic amines is 1. The van der Waals surface area contributed by atoms with Crippen molar-refractivity contribution in [2.24, 2.45) is 16.0 Å². The number of nitrogens with two attached hydrogens (primary N) is 1. The van der Waals surface area contributed by atoms with Gasteiger partial charge in [-0.05, 0) is 42.5 Å². The molecule has 0 radical (unpaired) electrons. The predicted octanol–water partition coefficient (Wildman–Crippen LogP) is 2.25. The molecule has 1 aromatic heterocycles. The van der Waals surface area contributed by atoms with Gasteiger partial charge in [0.1, 0.15) is 22.0 Å². The topological polar surface area (TPSA) is 164 Å². The van der Waals surface area contributed by atoms with E-state index in [0.29, 0.717) is 17.9 Å². The number of aromatic hydroxyl groups is 1. The first-order chi connectivity index (χ1) is 16.1. The van der Waals surface area contributed by atoms with Crippen LogP contribution >= 0.6 is 0 Å². The van der Waals surface area contributed by atoms with Gasteiger partial charge in [0.2, 0.25) is 0 Å². The summed E-state index contributed by atoms with van der Waals surface area (Å²) in [5, 5.41) is 14.2. The fourth-order valence-electron chi connectivity index (χ4n) is 3.78. The lowest BCUT2D eigenvalue weighted by Gasteiger charge is -2.20. The Labute approximate surface area is 195 Å². The van der Waals surface area contributed by atoms with Crippen molar-refractivity contribution in [2.75, 3.05) is 11.9 Å². The number of pyridine rings is 1. The van der Waals surface area contributed by atoms with Gasteiger partial charge in [-0.3, -0.25) is 9.59 Å². The van der Waals surface area contributed by atoms with Crippen molar-refractivity contribution in [3.8, 4) is 11.5 Å². The van der Waals surface area contributed by atoms with Crippen LogP contribution in [0.15, 0.2) is 50.5 Å². The van der Waals surface area contributed by atoms with Crippen LogP contribution in [0.5, 0.6) is 11.5 Å². The number of nitrogens with one attached hydrogen (secondary N) is 2. The molecule has 0 fully saturated rings. The van der Waals surface area contributed by atoms with E-state index in [-0.39, 0.29) is 33.1 Å². The second kappa shape index (κ2) is 8.82. The van der Waals surface area contributed by atoms with Crippen LogP contribution in [0.2, 0.25) is 0 Å². The zero-order valence-corrected chi connectivity index (χ0v) is 19.4. The number of para-hydroxylation sites is 1. The van der Waals surface area contributed by atoms with E-state index in [4.69, 9.17) is 10.5 Å². The molecule has 0 unspecified atom stereocenters. The number of carbonyl (C=O) groups is 1. The zero-order chi connectivity index (χ0) is 24.6. The highest BCUT2D eigenvalue weighted by Gasteiger charge is 2.29. The molecular formula is C23H24N4O6S. The molecule has 0 saturated heterocycles. The Morgan fingerprint density at radius 3 is 2.65 bits per heavy atom. The van der Waals surface area contributed by atoms with Crippen LogP contribution in [0.1, 0.15) is 31.4 Å². The van der Waals surface area contributed by atoms with Gasteiger partial charge in [-0.15, -0.1) is 4.40 Å². The van der Waals surface area contributed by atoms with Gasteiger partial charge in [0.15, 0.2) is 12.4 Å². The number of H-pyrrole nitrogens is 1. The molecule has 1 amide bonds. The summed E-state index contributed by atoms with van der Waals surface area (Å²) in [6, 6.07) is 9.42. The number of amides is 1. The van der Waals surface area contributed by atoms with E-state index in [0.717, 1.165) is 12.0 Å². The number of anilines is 1. The maximum absolute atomic E-state index is 13.1. The Balaban J connectivity index is 1.94. The number of nitrogens with zero attached hydrogens (tertiary/aromatic N) is 1. The van der Waals surface area contributed by atoms with Crippen molar-refractivity contribution in [3.05, 3.63) is 57.9 Å². The standard InChI is InChI=1S/C23H24N4O6S/c1-12(2)7-8-13-9-10-15(33-11-17(24)28)18-20(13)26-23(30)19(21(18)29)22-25-14-5-3-4-6-16(14)34(31,32)27-22/h3-6,9-10,12H,7-8,11H2,1-2H3,(H2,24,28)(H,25,27)(H2,26,29,30). The number of primary amides is 1. The predicted molar refractivity (Wildman–Crippen MR) is 128 cm³/mol. The highest BCUT2D eigenvalue weighted by atomic mass is 32.2. The third-order valence-electron chi connectivity index (χ3n) is 5.42. The van der Waals surface area contributed by atoms with Gasteiger partial charge in [-0.1, -0.05) is 32.0 Å². The third kappa shape index (κ3) is 4.34. The molecule has 3 aromatic rings. The Bertz CT molecular complexity index is 1490. The monoisotopic (exact) mass is 484 g/mol. The van der Waals surface area contributed by atoms with Crippen LogP contribution in [-0.4, -0.2) is 36.9 Å². The van der Waals surface area contributed by atoms with Crippen LogP contribution in [0, 0.1) is 5.92 Å². The smallest absolute Gasteiger partial charge is 0.286 e. The summed E-state index contributed by atoms with van der Waals surface area (Å²) in [5.74, 6) is -1.07. The fraction of sp³-hybridized carbons (Fsp3) is 0.261. The second-order valence-electron chi connectivity index (χ2n) is 8.37. The summed E-state index contributed by atoms with van der Waals surface area (Å²) in [6.07, 6.45) is 1.43. The SMILES string of the molecule is CC(C)CCc1ccc(OCC(N)=O)c2c(O)c(C3=NS(=O)(=O)c4ccccc4N3)c(=O)[nH]c12. The number of amidine groups is 1. The Morgan fingerprint density at radius 2 is 1.94 bits per heavy atom. The highest BCUT2D eigenvalue weighted by molar-refractivity contribution is 7.90. The number of benzene rings is 2. The Kier molecular flexibility index (Phi) is 6.05. The molecule has 4 rings (SSSR count). The summed E-state index contributed by atoms with van der Waals surface area (Å²) in [4.78, 5) is 27.1. The first-order valence-electron chi connectivity index (χ1n) is 10.6. The molecule has 2 heterocycles. The van der Waals surface area contributed by atoms with Crippen molar-refractivity contribution in [3.63, 3.8) is 0 Å². The number of aryl methyl sites for hydroxylation is 1. The lowest BCUT2D eigenvalue weighted by Crippen LogP contribution is -2.29. The first kappa shape index (κ1) is 23.3. The lowest BCUT2D eigenvalue weighted by atomic mass is 9.98. The van der Waals surface area contributed by atoms with E-state index in [1.54, 1.807) is 24.3 Å². The summed E-state index contributed by atoms with van der Waals surface area (Å²) < 4.78 is 34.6. The molecule has 1 aliphatic rings. The minimum absolute atomic E-state index is 0.0445. The van der Waals surface area contributed by atoms with E-state index in [1.807, 2.05) is 0 Å². The maximum atomic E-state index is 13.1. The van der Waals surface area contributed by atoms with Gasteiger partial charge in [-0.2, -0.15) is 8.42 Å². The fourth-order valence-corrected chi connectivity index (χ4v) is 4.90. The number of rotatable bonds is 7. The van der Waals surface area contributed by atoms with Crippen molar-refractivity contribution >= 4 is 38.4 Å². The Morgan fingerprint density at radius 1 is 1.21 bits per heavy atom. The molecule has 10 nitrogen and oxygen atoms in total. The molecule has 34 heavy (non-hydrogen) atoms. The van der Waals surface area contributed by atoms with Crippen LogP contribution < -0.4 is 21.3 Å². The normalized spacial score (nSPS) is 14.4. The molecule has 0 spiro atoms. The van der Waals surface area contributed by atoms with E-state index >= 15 is 0 Å². The first-order valence-corrected chi connectivity index (χ1v) is 12.1. The number of aromatic nitrogens is 1. The van der Waals surface area contributed by atoms with Crippen molar-refractivity contribution < 1.29 is 23.1 Å². The summed E-state index contributed by atoms with van der Waals surface area (Å²) in [5.41, 5.74) is 5.41. The molecule has 0 aliphatic carbocycles. The van der Waals surface area contributed by atoms with Gasteiger partial charge in [0.25, 0.3) is 21.5 Å². The molecule has 0 saturated carbocycles. The number of hydrogen-bond donors (Lipinski definition) is 4. The summed E-state index contributed by atoms with van der Waals surface area (Å²) in [7, 11) is -4.11. The van der Waals surface area contributed by atoms with Crippen LogP contribution in [0.4, 0.5) is 5.69 Å². The van der Waals surface area contributed by atoms with Gasteiger partial charge >= 0.3 is 0 Å². The third-order valence-corrected chi connectivity index (χ3v) is 6.75. The van der Waals surface area contributed by atoms with Gasteiger partial charge in [0.05, 0.1) is 16.6 Å². The number of ether oxygens (including phenoxy) is 1. The Hall–Kier alpha value is -3.86. The number of fused-ring (bicyclic) bond motifs is 2. The molecule has 0 bridgehead atoms. The molecule has 0 atom stereocenters. The van der Waals surface area contributed by atoms with Gasteiger partial charge < -0.3 is 25.9 Å². The van der Waals surface area contributed by atoms with E-state index in [1.165, 1.54) is 12.1 Å². The summed E-state index contributed by atoms with van der Waals surface area (Å²) in [6.45, 7) is 3.68. The van der Waals surface area contributed by atoms with Crippen LogP contribution in [-0.2, 0) is 21.2 Å². The zero-order valence-electron chi connectivity index (χ0n) is 18.6. The van der Waals surface area contributed by atoms with Crippen LogP contribution in [0.25, 0.3) is 10.9 Å². The van der Waals surface area contributed by atoms with Gasteiger partial charge in [0, 0.05) is 0 Å². The molecule has 2 aromatic carbocycles. The number of hydrogen-bond acceptors (Lipinski definition) is 7. The summed E-state index contributed by atoms with van der Waals surface area (Å²) >= 11 is 0. The number of sulfonamides is 1. The van der Waals surface area contributed by atoms with Crippen molar-refractivity contribution in [2.45, 2.75) is 31.6 Å². The van der Waals surface area contributed by atoms with Crippen molar-refractivity contribution in [1.82, 2.24) is 4.98 Å². The van der Waals surface area contributed by atoms with Crippen LogP contribution in [0.3, 0.4) is 0 Å². The minimum Gasteiger partial charge on any atom is -0.506 e. The van der Waals surface area contributed by atoms with E-state index in [9.17, 15) is 23.1 Å². The number of carbonyl (C=O) groups excluding carboxylic acids is 1. The molecule has 11 heteroatoms. The second-order valence-corrected chi connectivity index (χ2v) is 9.95. The largest absolute Gasteiger partial charge is 0.506 e. The van der Waals surface area contributed by atoms with Gasteiger partial charge in [-0.25, -0.2) is 0 Å². The van der Waals surface area contributed by atoms with E-state index < -0.39 is 33.8 Å². The molecule has 178 valence electrons. The average molecular weight is 485 g/mol. The molecule has 5 N–H and O–H groups in total. The molecular weight excluding hydrogens is 460 g/mol. The quantitative estimate of drug-likeness (QED) is 0.399. The maximum Gasteiger partial charge on any atom is 0.286 e. The van der Waals surface area contributed by atoms with Crippen molar-refractivity contribution in [1.29, 1.82) is 0 Å². The van der Waals surface area contributed by atoms with E-state index in [2.05, 4.69) is 28.5 Å². The highest BCUT2D eigenvalue weighted by Crippen LogP contribution is 2.37. The average Bonchev–Trinajstić information content (AvgIpc) is 2.76. The molecule has 1 aliphatic heterocycles. The lowest BCUT2D eigenvalue weighted by molar-refractivity contribution is -0.119.